The van der Waals surface area contributed by atoms with Crippen molar-refractivity contribution in [2.45, 2.75) is 31.6 Å². The van der Waals surface area contributed by atoms with Gasteiger partial charge in [0.15, 0.2) is 0 Å². The molecule has 0 saturated carbocycles. The number of hydrogen-bond acceptors (Lipinski definition) is 3. The quantitative estimate of drug-likeness (QED) is 0.749. The highest BCUT2D eigenvalue weighted by molar-refractivity contribution is 7.89. The minimum atomic E-state index is -3.48. The molecule has 0 fully saturated rings. The average Bonchev–Trinajstić information content (AvgIpc) is 2.46. The fraction of sp³-hybridized carbons (Fsp3) is 0.400. The number of sulfonamides is 1. The third kappa shape index (κ3) is 4.99. The van der Waals surface area contributed by atoms with Gasteiger partial charge in [-0.2, -0.15) is 4.31 Å². The van der Waals surface area contributed by atoms with E-state index in [4.69, 9.17) is 5.11 Å². The highest BCUT2D eigenvalue weighted by Crippen LogP contribution is 2.17. The molecule has 1 N–H and O–H groups in total. The second-order valence-electron chi connectivity index (χ2n) is 4.59. The lowest BCUT2D eigenvalue weighted by molar-refractivity contribution is -0.131. The molecule has 0 amide bonds. The molecule has 1 rings (SSSR count). The summed E-state index contributed by atoms with van der Waals surface area (Å²) in [5.74, 6) is -1.04. The zero-order valence-corrected chi connectivity index (χ0v) is 13.1. The van der Waals surface area contributed by atoms with E-state index in [2.05, 4.69) is 0 Å². The normalized spacial score (nSPS) is 12.1. The minimum absolute atomic E-state index is 0.230. The van der Waals surface area contributed by atoms with Crippen molar-refractivity contribution in [3.8, 4) is 0 Å². The number of carboxylic acids is 1. The summed E-state index contributed by atoms with van der Waals surface area (Å²) >= 11 is 0. The second kappa shape index (κ2) is 7.95. The highest BCUT2D eigenvalue weighted by atomic mass is 32.2. The van der Waals surface area contributed by atoms with Crippen molar-refractivity contribution in [2.75, 3.05) is 13.1 Å². The van der Waals surface area contributed by atoms with Crippen molar-refractivity contribution >= 4 is 22.1 Å². The van der Waals surface area contributed by atoms with Gasteiger partial charge < -0.3 is 5.11 Å². The van der Waals surface area contributed by atoms with E-state index in [-0.39, 0.29) is 4.90 Å². The number of carboxylic acid groups (broad SMARTS) is 1. The van der Waals surface area contributed by atoms with Crippen LogP contribution in [-0.2, 0) is 14.8 Å². The van der Waals surface area contributed by atoms with Gasteiger partial charge in [-0.1, -0.05) is 32.4 Å². The van der Waals surface area contributed by atoms with Crippen LogP contribution in [0, 0.1) is 0 Å². The molecular formula is C15H21NO4S. The molecule has 0 aromatic heterocycles. The molecule has 0 aliphatic heterocycles. The number of nitrogens with zero attached hydrogens (tertiary/aromatic N) is 1. The first-order chi connectivity index (χ1) is 9.91. The number of hydrogen-bond donors (Lipinski definition) is 1. The number of carbonyl (C=O) groups is 1. The summed E-state index contributed by atoms with van der Waals surface area (Å²) in [5.41, 5.74) is 0.646. The summed E-state index contributed by atoms with van der Waals surface area (Å²) in [7, 11) is -3.48. The van der Waals surface area contributed by atoms with Crippen molar-refractivity contribution in [2.24, 2.45) is 0 Å². The molecule has 0 spiro atoms. The Hall–Kier alpha value is -1.66. The maximum Gasteiger partial charge on any atom is 0.328 e. The zero-order chi connectivity index (χ0) is 15.9. The summed E-state index contributed by atoms with van der Waals surface area (Å²) in [6.45, 7) is 4.78. The van der Waals surface area contributed by atoms with Crippen molar-refractivity contribution in [1.29, 1.82) is 0 Å². The molecule has 1 aromatic carbocycles. The van der Waals surface area contributed by atoms with Crippen LogP contribution in [-0.4, -0.2) is 36.9 Å². The minimum Gasteiger partial charge on any atom is -0.478 e. The van der Waals surface area contributed by atoms with Crippen LogP contribution in [0.4, 0.5) is 0 Å². The van der Waals surface area contributed by atoms with Crippen LogP contribution in [0.5, 0.6) is 0 Å². The molecule has 0 atom stereocenters. The fourth-order valence-corrected chi connectivity index (χ4v) is 3.34. The van der Waals surface area contributed by atoms with Gasteiger partial charge in [0.2, 0.25) is 10.0 Å². The Morgan fingerprint density at radius 2 is 1.86 bits per heavy atom. The summed E-state index contributed by atoms with van der Waals surface area (Å²) < 4.78 is 26.4. The number of aliphatic carboxylic acids is 1. The van der Waals surface area contributed by atoms with Gasteiger partial charge in [0.05, 0.1) is 4.90 Å². The summed E-state index contributed by atoms with van der Waals surface area (Å²) in [6.07, 6.45) is 4.20. The molecule has 0 bridgehead atoms. The van der Waals surface area contributed by atoms with E-state index in [9.17, 15) is 13.2 Å². The Morgan fingerprint density at radius 1 is 1.24 bits per heavy atom. The lowest BCUT2D eigenvalue weighted by atomic mass is 10.2. The molecule has 6 heteroatoms. The largest absolute Gasteiger partial charge is 0.478 e. The van der Waals surface area contributed by atoms with Crippen LogP contribution in [0.15, 0.2) is 35.2 Å². The Labute approximate surface area is 126 Å². The molecule has 1 aromatic rings. The number of benzene rings is 1. The third-order valence-electron chi connectivity index (χ3n) is 3.05. The number of unbranched alkanes of at least 4 members (excludes halogenated alkanes) is 1. The summed E-state index contributed by atoms with van der Waals surface area (Å²) in [6, 6.07) is 6.21. The standard InChI is InChI=1S/C15H21NO4S/c1-3-5-12-16(4-2)21(19,20)14-9-6-13(7-10-14)8-11-15(17)18/h6-11H,3-5,12H2,1-2H3,(H,17,18)/b11-8+. The monoisotopic (exact) mass is 311 g/mol. The Morgan fingerprint density at radius 3 is 2.33 bits per heavy atom. The van der Waals surface area contributed by atoms with Gasteiger partial charge in [0.1, 0.15) is 0 Å². The van der Waals surface area contributed by atoms with Crippen LogP contribution < -0.4 is 0 Å². The Kier molecular flexibility index (Phi) is 6.58. The topological polar surface area (TPSA) is 74.7 Å². The first-order valence-electron chi connectivity index (χ1n) is 6.93. The highest BCUT2D eigenvalue weighted by Gasteiger charge is 2.22. The SMILES string of the molecule is CCCCN(CC)S(=O)(=O)c1ccc(/C=C/C(=O)O)cc1. The van der Waals surface area contributed by atoms with Crippen molar-refractivity contribution in [3.63, 3.8) is 0 Å². The fourth-order valence-electron chi connectivity index (χ4n) is 1.85. The zero-order valence-electron chi connectivity index (χ0n) is 12.3. The first-order valence-corrected chi connectivity index (χ1v) is 8.37. The number of rotatable bonds is 8. The maximum atomic E-state index is 12.5. The molecule has 0 unspecified atom stereocenters. The van der Waals surface area contributed by atoms with Gasteiger partial charge in [0.25, 0.3) is 0 Å². The van der Waals surface area contributed by atoms with Crippen molar-refractivity contribution in [1.82, 2.24) is 4.31 Å². The first kappa shape index (κ1) is 17.4. The average molecular weight is 311 g/mol. The lowest BCUT2D eigenvalue weighted by Gasteiger charge is -2.20. The Bertz CT molecular complexity index is 591. The van der Waals surface area contributed by atoms with Crippen LogP contribution >= 0.6 is 0 Å². The predicted octanol–water partition coefficient (Wildman–Crippen LogP) is 2.60. The maximum absolute atomic E-state index is 12.5. The smallest absolute Gasteiger partial charge is 0.328 e. The van der Waals surface area contributed by atoms with E-state index in [0.29, 0.717) is 18.7 Å². The van der Waals surface area contributed by atoms with E-state index < -0.39 is 16.0 Å². The molecule has 0 aliphatic rings. The molecule has 116 valence electrons. The summed E-state index contributed by atoms with van der Waals surface area (Å²) in [4.78, 5) is 10.7. The molecule has 0 saturated heterocycles. The predicted molar refractivity (Wildman–Crippen MR) is 82.5 cm³/mol. The van der Waals surface area contributed by atoms with Gasteiger partial charge in [-0.25, -0.2) is 13.2 Å². The van der Waals surface area contributed by atoms with Gasteiger partial charge in [-0.3, -0.25) is 0 Å². The second-order valence-corrected chi connectivity index (χ2v) is 6.53. The molecule has 0 aliphatic carbocycles. The lowest BCUT2D eigenvalue weighted by Crippen LogP contribution is -2.31. The van der Waals surface area contributed by atoms with Crippen molar-refractivity contribution in [3.05, 3.63) is 35.9 Å². The van der Waals surface area contributed by atoms with Gasteiger partial charge in [-0.15, -0.1) is 0 Å². The molecule has 0 heterocycles. The van der Waals surface area contributed by atoms with Crippen molar-refractivity contribution < 1.29 is 18.3 Å². The van der Waals surface area contributed by atoms with Crippen LogP contribution in [0.2, 0.25) is 0 Å². The molecular weight excluding hydrogens is 290 g/mol. The van der Waals surface area contributed by atoms with Crippen LogP contribution in [0.25, 0.3) is 6.08 Å². The van der Waals surface area contributed by atoms with Crippen LogP contribution in [0.3, 0.4) is 0 Å². The molecule has 0 radical (unpaired) electrons. The Balaban J connectivity index is 2.95. The molecule has 5 nitrogen and oxygen atoms in total. The van der Waals surface area contributed by atoms with Gasteiger partial charge in [0, 0.05) is 19.2 Å². The van der Waals surface area contributed by atoms with E-state index in [1.165, 1.54) is 22.5 Å². The van der Waals surface area contributed by atoms with Gasteiger partial charge in [-0.05, 0) is 30.2 Å². The molecule has 21 heavy (non-hydrogen) atoms. The van der Waals surface area contributed by atoms with E-state index in [0.717, 1.165) is 18.9 Å². The van der Waals surface area contributed by atoms with Crippen LogP contribution in [0.1, 0.15) is 32.3 Å². The van der Waals surface area contributed by atoms with E-state index in [1.54, 1.807) is 12.1 Å². The van der Waals surface area contributed by atoms with Gasteiger partial charge >= 0.3 is 5.97 Å². The third-order valence-corrected chi connectivity index (χ3v) is 5.04. The van der Waals surface area contributed by atoms with E-state index in [1.807, 2.05) is 13.8 Å². The summed E-state index contributed by atoms with van der Waals surface area (Å²) in [5, 5.41) is 8.56. The van der Waals surface area contributed by atoms with E-state index >= 15 is 0 Å².